The molecule has 12 heteroatoms. The summed E-state index contributed by atoms with van der Waals surface area (Å²) < 4.78 is 15.6. The second-order valence-electron chi connectivity index (χ2n) is 7.83. The van der Waals surface area contributed by atoms with Gasteiger partial charge in [0.2, 0.25) is 11.7 Å². The average Bonchev–Trinajstić information content (AvgIpc) is 3.22. The minimum atomic E-state index is -1.07. The lowest BCUT2D eigenvalue weighted by Crippen LogP contribution is -2.46. The van der Waals surface area contributed by atoms with Gasteiger partial charge in [-0.25, -0.2) is 14.6 Å². The Kier molecular flexibility index (Phi) is 7.44. The van der Waals surface area contributed by atoms with E-state index in [2.05, 4.69) is 25.7 Å². The van der Waals surface area contributed by atoms with Gasteiger partial charge in [0.05, 0.1) is 13.7 Å². The van der Waals surface area contributed by atoms with E-state index < -0.39 is 23.7 Å². The summed E-state index contributed by atoms with van der Waals surface area (Å²) in [5.41, 5.74) is -0.140. The van der Waals surface area contributed by atoms with Gasteiger partial charge in [0.15, 0.2) is 6.04 Å². The minimum Gasteiger partial charge on any atom is -0.467 e. The third-order valence-corrected chi connectivity index (χ3v) is 4.26. The highest BCUT2D eigenvalue weighted by Gasteiger charge is 2.26. The Labute approximate surface area is 195 Å². The topological polar surface area (TPSA) is 130 Å². The second kappa shape index (κ2) is 10.3. The van der Waals surface area contributed by atoms with E-state index in [4.69, 9.17) is 25.8 Å². The Hall–Kier alpha value is -3.73. The normalized spacial score (nSPS) is 12.0. The summed E-state index contributed by atoms with van der Waals surface area (Å²) in [4.78, 5) is 29.6. The number of tetrazole rings is 1. The summed E-state index contributed by atoms with van der Waals surface area (Å²) in [6, 6.07) is 9.20. The molecular weight excluding hydrogens is 452 g/mol. The van der Waals surface area contributed by atoms with Crippen molar-refractivity contribution in [2.45, 2.75) is 39.0 Å². The van der Waals surface area contributed by atoms with Crippen LogP contribution in [0.5, 0.6) is 11.6 Å². The van der Waals surface area contributed by atoms with Crippen LogP contribution in [0.15, 0.2) is 42.6 Å². The number of amides is 1. The lowest BCUT2D eigenvalue weighted by Gasteiger charge is -2.22. The molecule has 174 valence electrons. The lowest BCUT2D eigenvalue weighted by atomic mass is 10.2. The summed E-state index contributed by atoms with van der Waals surface area (Å²) >= 11 is 5.87. The highest BCUT2D eigenvalue weighted by molar-refractivity contribution is 6.30. The van der Waals surface area contributed by atoms with Crippen molar-refractivity contribution in [1.82, 2.24) is 30.5 Å². The molecule has 2 heterocycles. The Morgan fingerprint density at radius 1 is 1.15 bits per heavy atom. The van der Waals surface area contributed by atoms with Gasteiger partial charge in [0, 0.05) is 22.8 Å². The first-order chi connectivity index (χ1) is 15.6. The molecule has 0 aliphatic carbocycles. The van der Waals surface area contributed by atoms with Crippen molar-refractivity contribution in [3.8, 4) is 23.0 Å². The van der Waals surface area contributed by atoms with E-state index >= 15 is 0 Å². The van der Waals surface area contributed by atoms with E-state index in [1.165, 1.54) is 18.1 Å². The van der Waals surface area contributed by atoms with E-state index in [1.807, 2.05) is 0 Å². The number of hydrogen-bond donors (Lipinski definition) is 1. The molecule has 0 saturated heterocycles. The number of nitrogens with zero attached hydrogens (tertiary/aromatic N) is 5. The average molecular weight is 475 g/mol. The first-order valence-electron chi connectivity index (χ1n) is 9.88. The van der Waals surface area contributed by atoms with Gasteiger partial charge >= 0.3 is 12.1 Å². The van der Waals surface area contributed by atoms with Crippen molar-refractivity contribution in [2.75, 3.05) is 7.11 Å². The fourth-order valence-corrected chi connectivity index (χ4v) is 2.69. The standard InChI is InChI=1S/C21H23ClN6O5/c1-21(2,3)33-20(30)24-16(19(29)31-4)12-28-26-18(25-27-28)13-5-10-17(23-11-13)32-15-8-6-14(22)7-9-15/h5-11,16H,12H2,1-4H3,(H,24,30). The van der Waals surface area contributed by atoms with Crippen LogP contribution in [0.3, 0.4) is 0 Å². The first kappa shape index (κ1) is 23.9. The third kappa shape index (κ3) is 7.14. The van der Waals surface area contributed by atoms with Crippen molar-refractivity contribution in [3.05, 3.63) is 47.6 Å². The number of alkyl carbamates (subject to hydrolysis) is 1. The van der Waals surface area contributed by atoms with Gasteiger partial charge in [-0.1, -0.05) is 11.6 Å². The minimum absolute atomic E-state index is 0.107. The molecule has 0 fully saturated rings. The molecule has 1 aromatic carbocycles. The Balaban J connectivity index is 1.66. The lowest BCUT2D eigenvalue weighted by molar-refractivity contribution is -0.143. The number of pyridine rings is 1. The highest BCUT2D eigenvalue weighted by Crippen LogP contribution is 2.23. The molecule has 3 aromatic rings. The van der Waals surface area contributed by atoms with Crippen LogP contribution in [0, 0.1) is 0 Å². The SMILES string of the molecule is COC(=O)C(Cn1nnc(-c2ccc(Oc3ccc(Cl)cc3)nc2)n1)NC(=O)OC(C)(C)C. The molecule has 0 aliphatic rings. The van der Waals surface area contributed by atoms with Crippen molar-refractivity contribution in [1.29, 1.82) is 0 Å². The maximum Gasteiger partial charge on any atom is 0.408 e. The van der Waals surface area contributed by atoms with Crippen LogP contribution in [0.4, 0.5) is 4.79 Å². The molecule has 33 heavy (non-hydrogen) atoms. The largest absolute Gasteiger partial charge is 0.467 e. The Morgan fingerprint density at radius 3 is 2.48 bits per heavy atom. The van der Waals surface area contributed by atoms with Crippen molar-refractivity contribution in [3.63, 3.8) is 0 Å². The number of nitrogens with one attached hydrogen (secondary N) is 1. The van der Waals surface area contributed by atoms with Gasteiger partial charge in [-0.15, -0.1) is 10.2 Å². The second-order valence-corrected chi connectivity index (χ2v) is 8.27. The molecule has 0 spiro atoms. The van der Waals surface area contributed by atoms with Crippen molar-refractivity contribution >= 4 is 23.7 Å². The number of aromatic nitrogens is 5. The zero-order chi connectivity index (χ0) is 24.0. The summed E-state index contributed by atoms with van der Waals surface area (Å²) in [5, 5.41) is 15.2. The number of rotatable bonds is 7. The number of carbonyl (C=O) groups excluding carboxylic acids is 2. The predicted octanol–water partition coefficient (Wildman–Crippen LogP) is 3.25. The number of esters is 1. The van der Waals surface area contributed by atoms with Gasteiger partial charge in [-0.3, -0.25) is 0 Å². The molecule has 0 radical (unpaired) electrons. The molecule has 1 amide bonds. The fourth-order valence-electron chi connectivity index (χ4n) is 2.57. The molecule has 1 unspecified atom stereocenters. The smallest absolute Gasteiger partial charge is 0.408 e. The third-order valence-electron chi connectivity index (χ3n) is 4.01. The van der Waals surface area contributed by atoms with Gasteiger partial charge in [-0.05, 0) is 56.3 Å². The van der Waals surface area contributed by atoms with Crippen LogP contribution in [0.25, 0.3) is 11.4 Å². The van der Waals surface area contributed by atoms with Crippen LogP contribution >= 0.6 is 11.6 Å². The van der Waals surface area contributed by atoms with E-state index in [0.717, 1.165) is 0 Å². The molecule has 3 rings (SSSR count). The van der Waals surface area contributed by atoms with Crippen LogP contribution in [0.1, 0.15) is 20.8 Å². The van der Waals surface area contributed by atoms with Crippen LogP contribution in [-0.4, -0.2) is 56.0 Å². The highest BCUT2D eigenvalue weighted by atomic mass is 35.5. The van der Waals surface area contributed by atoms with Crippen LogP contribution in [-0.2, 0) is 20.8 Å². The fraction of sp³-hybridized carbons (Fsp3) is 0.333. The van der Waals surface area contributed by atoms with Crippen LogP contribution < -0.4 is 10.1 Å². The molecule has 11 nitrogen and oxygen atoms in total. The van der Waals surface area contributed by atoms with E-state index in [9.17, 15) is 9.59 Å². The summed E-state index contributed by atoms with van der Waals surface area (Å²) in [7, 11) is 1.21. The number of halogens is 1. The van der Waals surface area contributed by atoms with E-state index in [-0.39, 0.29) is 12.4 Å². The number of benzene rings is 1. The maximum atomic E-state index is 12.1. The Morgan fingerprint density at radius 2 is 1.88 bits per heavy atom. The number of carbonyl (C=O) groups is 2. The molecule has 0 aliphatic heterocycles. The number of methoxy groups -OCH3 is 1. The van der Waals surface area contributed by atoms with E-state index in [0.29, 0.717) is 22.2 Å². The summed E-state index contributed by atoms with van der Waals surface area (Å²) in [6.07, 6.45) is 0.766. The maximum absolute atomic E-state index is 12.1. The predicted molar refractivity (Wildman–Crippen MR) is 118 cm³/mol. The van der Waals surface area contributed by atoms with Gasteiger partial charge in [0.1, 0.15) is 11.4 Å². The first-order valence-corrected chi connectivity index (χ1v) is 10.3. The number of hydrogen-bond acceptors (Lipinski definition) is 9. The zero-order valence-corrected chi connectivity index (χ0v) is 19.2. The quantitative estimate of drug-likeness (QED) is 0.512. The monoisotopic (exact) mass is 474 g/mol. The zero-order valence-electron chi connectivity index (χ0n) is 18.5. The molecule has 1 atom stereocenters. The molecular formula is C21H23ClN6O5. The van der Waals surface area contributed by atoms with Crippen molar-refractivity contribution in [2.24, 2.45) is 0 Å². The van der Waals surface area contributed by atoms with E-state index in [1.54, 1.807) is 57.2 Å². The molecule has 0 bridgehead atoms. The molecule has 1 N–H and O–H groups in total. The van der Waals surface area contributed by atoms with Crippen molar-refractivity contribution < 1.29 is 23.8 Å². The van der Waals surface area contributed by atoms with Gasteiger partial charge in [0.25, 0.3) is 0 Å². The van der Waals surface area contributed by atoms with Gasteiger partial charge < -0.3 is 19.5 Å². The summed E-state index contributed by atoms with van der Waals surface area (Å²) in [5.74, 6) is 0.572. The summed E-state index contributed by atoms with van der Waals surface area (Å²) in [6.45, 7) is 5.03. The Bertz CT molecular complexity index is 1100. The van der Waals surface area contributed by atoms with Gasteiger partial charge in [-0.2, -0.15) is 4.80 Å². The number of ether oxygens (including phenoxy) is 3. The van der Waals surface area contributed by atoms with Crippen LogP contribution in [0.2, 0.25) is 5.02 Å². The molecule has 0 saturated carbocycles. The molecule has 2 aromatic heterocycles.